The smallest absolute Gasteiger partial charge is 0.321 e. The Morgan fingerprint density at radius 2 is 1.87 bits per heavy atom. The molecule has 1 aromatic heterocycles. The van der Waals surface area contributed by atoms with Crippen molar-refractivity contribution in [2.45, 2.75) is 11.4 Å². The fourth-order valence-electron chi connectivity index (χ4n) is 2.46. The Kier molecular flexibility index (Phi) is 7.93. The van der Waals surface area contributed by atoms with Crippen molar-refractivity contribution in [2.24, 2.45) is 0 Å². The molecule has 0 spiro atoms. The number of ether oxygens (including phenoxy) is 1. The number of carbonyl (C=O) groups excluding carboxylic acids is 2. The molecule has 1 N–H and O–H groups in total. The van der Waals surface area contributed by atoms with Gasteiger partial charge in [-0.3, -0.25) is 9.59 Å². The average molecular weight is 453 g/mol. The summed E-state index contributed by atoms with van der Waals surface area (Å²) in [6.07, 6.45) is 2.97. The maximum absolute atomic E-state index is 12.2. The number of nitrogens with one attached hydrogen (secondary N) is 1. The Morgan fingerprint density at radius 3 is 2.52 bits per heavy atom. The normalized spacial score (nSPS) is 10.9. The molecule has 1 heterocycles. The van der Waals surface area contributed by atoms with Gasteiger partial charge in [0.05, 0.1) is 18.6 Å². The second-order valence-corrected chi connectivity index (χ2v) is 7.70. The Morgan fingerprint density at radius 1 is 1.13 bits per heavy atom. The number of furan rings is 1. The van der Waals surface area contributed by atoms with E-state index >= 15 is 0 Å². The van der Waals surface area contributed by atoms with Crippen LogP contribution >= 0.6 is 23.4 Å². The molecule has 0 bridgehead atoms. The maximum Gasteiger partial charge on any atom is 0.321 e. The van der Waals surface area contributed by atoms with Gasteiger partial charge in [0.25, 0.3) is 5.91 Å². The van der Waals surface area contributed by atoms with Gasteiger partial charge in [0.15, 0.2) is 0 Å². The molecule has 3 aromatic rings. The molecule has 3 rings (SSSR count). The lowest BCUT2D eigenvalue weighted by Crippen LogP contribution is -2.23. The number of rotatable bonds is 8. The van der Waals surface area contributed by atoms with Crippen LogP contribution in [0.4, 0.5) is 0 Å². The summed E-state index contributed by atoms with van der Waals surface area (Å²) < 4.78 is 10.5. The van der Waals surface area contributed by atoms with Crippen molar-refractivity contribution < 1.29 is 18.7 Å². The van der Waals surface area contributed by atoms with E-state index in [0.29, 0.717) is 22.1 Å². The predicted octanol–water partition coefficient (Wildman–Crippen LogP) is 4.85. The summed E-state index contributed by atoms with van der Waals surface area (Å²) in [5, 5.41) is 12.5. The summed E-state index contributed by atoms with van der Waals surface area (Å²) in [6, 6.07) is 19.0. The molecule has 0 saturated carbocycles. The molecule has 0 aliphatic rings. The molecule has 31 heavy (non-hydrogen) atoms. The Bertz CT molecular complexity index is 1100. The lowest BCUT2D eigenvalue weighted by molar-refractivity contribution is -0.131. The van der Waals surface area contributed by atoms with Crippen molar-refractivity contribution in [2.75, 3.05) is 5.75 Å². The number of amides is 1. The van der Waals surface area contributed by atoms with Gasteiger partial charge in [-0.15, -0.1) is 11.8 Å². The van der Waals surface area contributed by atoms with Crippen LogP contribution in [0.15, 0.2) is 81.8 Å². The number of hydrogen-bond acceptors (Lipinski definition) is 6. The van der Waals surface area contributed by atoms with Crippen LogP contribution in [0.25, 0.3) is 6.08 Å². The number of nitriles is 1. The van der Waals surface area contributed by atoms with E-state index in [2.05, 4.69) is 5.32 Å². The molecule has 0 radical (unpaired) electrons. The highest BCUT2D eigenvalue weighted by atomic mass is 35.5. The minimum Gasteiger partial charge on any atom is -0.467 e. The first-order valence-electron chi connectivity index (χ1n) is 9.15. The fourth-order valence-corrected chi connectivity index (χ4v) is 3.26. The van der Waals surface area contributed by atoms with E-state index in [1.54, 1.807) is 48.5 Å². The third-order valence-electron chi connectivity index (χ3n) is 3.96. The van der Waals surface area contributed by atoms with Crippen LogP contribution in [0.3, 0.4) is 0 Å². The van der Waals surface area contributed by atoms with Crippen molar-refractivity contribution >= 4 is 41.3 Å². The van der Waals surface area contributed by atoms with Crippen LogP contribution < -0.4 is 10.1 Å². The molecule has 0 unspecified atom stereocenters. The SMILES string of the molecule is N#C/C(=C\c1ccc(OC(=O)CSc2ccc(Cl)cc2)cc1)C(=O)NCc1ccco1. The van der Waals surface area contributed by atoms with Crippen molar-refractivity contribution in [3.8, 4) is 11.8 Å². The van der Waals surface area contributed by atoms with Gasteiger partial charge in [0, 0.05) is 9.92 Å². The minimum atomic E-state index is -0.506. The predicted molar refractivity (Wildman–Crippen MR) is 118 cm³/mol. The molecule has 156 valence electrons. The third kappa shape index (κ3) is 7.07. The maximum atomic E-state index is 12.2. The number of halogens is 1. The topological polar surface area (TPSA) is 92.3 Å². The first kappa shape index (κ1) is 22.2. The molecule has 1 amide bonds. The molecule has 0 saturated heterocycles. The molecular formula is C23H17ClN2O4S. The highest BCUT2D eigenvalue weighted by molar-refractivity contribution is 8.00. The standard InChI is InChI=1S/C23H17ClN2O4S/c24-18-5-9-21(10-6-18)31-15-22(27)30-19-7-3-16(4-8-19)12-17(13-25)23(28)26-14-20-2-1-11-29-20/h1-12H,14-15H2,(H,26,28)/b17-12+. The first-order chi connectivity index (χ1) is 15.0. The van der Waals surface area contributed by atoms with Crippen LogP contribution in [-0.2, 0) is 16.1 Å². The Hall–Kier alpha value is -3.47. The van der Waals surface area contributed by atoms with Gasteiger partial charge in [0.1, 0.15) is 23.2 Å². The van der Waals surface area contributed by atoms with Gasteiger partial charge >= 0.3 is 5.97 Å². The van der Waals surface area contributed by atoms with Gasteiger partial charge in [0.2, 0.25) is 0 Å². The lowest BCUT2D eigenvalue weighted by atomic mass is 10.1. The van der Waals surface area contributed by atoms with E-state index in [1.165, 1.54) is 24.1 Å². The van der Waals surface area contributed by atoms with Crippen LogP contribution in [-0.4, -0.2) is 17.6 Å². The zero-order valence-electron chi connectivity index (χ0n) is 16.2. The molecule has 0 aliphatic carbocycles. The monoisotopic (exact) mass is 452 g/mol. The van der Waals surface area contributed by atoms with E-state index in [4.69, 9.17) is 20.8 Å². The van der Waals surface area contributed by atoms with E-state index in [-0.39, 0.29) is 17.9 Å². The van der Waals surface area contributed by atoms with Crippen molar-refractivity contribution in [3.63, 3.8) is 0 Å². The average Bonchev–Trinajstić information content (AvgIpc) is 3.30. The number of thioether (sulfide) groups is 1. The fraction of sp³-hybridized carbons (Fsp3) is 0.0870. The summed E-state index contributed by atoms with van der Waals surface area (Å²) >= 11 is 7.19. The minimum absolute atomic E-state index is 0.0457. The summed E-state index contributed by atoms with van der Waals surface area (Å²) in [6.45, 7) is 0.188. The highest BCUT2D eigenvalue weighted by Gasteiger charge is 2.10. The summed E-state index contributed by atoms with van der Waals surface area (Å²) in [5.41, 5.74) is 0.579. The molecule has 0 aliphatic heterocycles. The van der Waals surface area contributed by atoms with Crippen molar-refractivity contribution in [3.05, 3.63) is 88.8 Å². The lowest BCUT2D eigenvalue weighted by Gasteiger charge is -2.05. The van der Waals surface area contributed by atoms with Crippen LogP contribution in [0.2, 0.25) is 5.02 Å². The summed E-state index contributed by atoms with van der Waals surface area (Å²) in [4.78, 5) is 25.1. The van der Waals surface area contributed by atoms with Gasteiger partial charge in [-0.05, 0) is 60.2 Å². The number of nitrogens with zero attached hydrogens (tertiary/aromatic N) is 1. The number of carbonyl (C=O) groups is 2. The van der Waals surface area contributed by atoms with Gasteiger partial charge in [-0.25, -0.2) is 0 Å². The summed E-state index contributed by atoms with van der Waals surface area (Å²) in [5.74, 6) is 0.218. The zero-order chi connectivity index (χ0) is 22.1. The molecule has 2 aromatic carbocycles. The molecule has 8 heteroatoms. The van der Waals surface area contributed by atoms with E-state index in [9.17, 15) is 14.9 Å². The van der Waals surface area contributed by atoms with Crippen molar-refractivity contribution in [1.82, 2.24) is 5.32 Å². The highest BCUT2D eigenvalue weighted by Crippen LogP contribution is 2.21. The van der Waals surface area contributed by atoms with Crippen LogP contribution in [0, 0.1) is 11.3 Å². The first-order valence-corrected chi connectivity index (χ1v) is 10.5. The quantitative estimate of drug-likeness (QED) is 0.172. The van der Waals surface area contributed by atoms with E-state index in [0.717, 1.165) is 4.90 Å². The molecule has 0 fully saturated rings. The van der Waals surface area contributed by atoms with E-state index < -0.39 is 11.9 Å². The number of esters is 1. The van der Waals surface area contributed by atoms with Gasteiger partial charge < -0.3 is 14.5 Å². The largest absolute Gasteiger partial charge is 0.467 e. The second-order valence-electron chi connectivity index (χ2n) is 6.22. The van der Waals surface area contributed by atoms with Crippen LogP contribution in [0.5, 0.6) is 5.75 Å². The second kappa shape index (κ2) is 11.1. The van der Waals surface area contributed by atoms with Gasteiger partial charge in [-0.2, -0.15) is 5.26 Å². The Balaban J connectivity index is 1.53. The molecule has 0 atom stereocenters. The zero-order valence-corrected chi connectivity index (χ0v) is 17.8. The van der Waals surface area contributed by atoms with E-state index in [1.807, 2.05) is 18.2 Å². The van der Waals surface area contributed by atoms with Crippen molar-refractivity contribution in [1.29, 1.82) is 5.26 Å². The molecule has 6 nitrogen and oxygen atoms in total. The number of benzene rings is 2. The molecular weight excluding hydrogens is 436 g/mol. The summed E-state index contributed by atoms with van der Waals surface area (Å²) in [7, 11) is 0. The van der Waals surface area contributed by atoms with Crippen LogP contribution in [0.1, 0.15) is 11.3 Å². The third-order valence-corrected chi connectivity index (χ3v) is 5.20. The Labute approximate surface area is 188 Å². The van der Waals surface area contributed by atoms with Gasteiger partial charge in [-0.1, -0.05) is 23.7 Å². The number of hydrogen-bond donors (Lipinski definition) is 1.